The van der Waals surface area contributed by atoms with E-state index in [1.54, 1.807) is 18.3 Å². The van der Waals surface area contributed by atoms with Gasteiger partial charge >= 0.3 is 5.95 Å². The second-order valence-electron chi connectivity index (χ2n) is 10.3. The highest BCUT2D eigenvalue weighted by Crippen LogP contribution is 2.44. The highest BCUT2D eigenvalue weighted by Gasteiger charge is 2.52. The lowest BCUT2D eigenvalue weighted by Gasteiger charge is -2.34. The third kappa shape index (κ3) is 4.62. The summed E-state index contributed by atoms with van der Waals surface area (Å²) < 4.78 is 31.1. The molecule has 200 valence electrons. The molecule has 2 aliphatic heterocycles. The lowest BCUT2D eigenvalue weighted by molar-refractivity contribution is -0.115. The topological polar surface area (TPSA) is 61.4 Å². The summed E-state index contributed by atoms with van der Waals surface area (Å²) in [5.41, 5.74) is 3.76. The van der Waals surface area contributed by atoms with Crippen molar-refractivity contribution in [2.75, 3.05) is 56.5 Å². The van der Waals surface area contributed by atoms with Crippen LogP contribution in [0.1, 0.15) is 13.3 Å². The summed E-state index contributed by atoms with van der Waals surface area (Å²) in [6.07, 6.45) is 2.14. The van der Waals surface area contributed by atoms with Crippen LogP contribution in [0.25, 0.3) is 22.0 Å². The zero-order chi connectivity index (χ0) is 27.1. The van der Waals surface area contributed by atoms with Gasteiger partial charge in [0.2, 0.25) is 11.7 Å². The Kier molecular flexibility index (Phi) is 6.48. The first kappa shape index (κ1) is 25.3. The quantitative estimate of drug-likeness (QED) is 0.270. The van der Waals surface area contributed by atoms with Crippen molar-refractivity contribution in [1.29, 1.82) is 0 Å². The maximum absolute atomic E-state index is 15.6. The van der Waals surface area contributed by atoms with Gasteiger partial charge in [-0.3, -0.25) is 4.79 Å². The van der Waals surface area contributed by atoms with Crippen LogP contribution in [0.4, 0.5) is 31.8 Å². The summed E-state index contributed by atoms with van der Waals surface area (Å²) in [5, 5.41) is 3.74. The number of nitrogens with one attached hydrogen (secondary N) is 1. The van der Waals surface area contributed by atoms with Crippen molar-refractivity contribution in [2.45, 2.75) is 13.3 Å². The number of halogens is 2. The van der Waals surface area contributed by atoms with Crippen LogP contribution in [0.15, 0.2) is 60.8 Å². The Morgan fingerprint density at radius 2 is 1.77 bits per heavy atom. The van der Waals surface area contributed by atoms with Crippen LogP contribution in [0.2, 0.25) is 0 Å². The average molecular weight is 530 g/mol. The van der Waals surface area contributed by atoms with Gasteiger partial charge in [-0.2, -0.15) is 14.4 Å². The van der Waals surface area contributed by atoms with Gasteiger partial charge in [-0.25, -0.2) is 8.87 Å². The van der Waals surface area contributed by atoms with Crippen LogP contribution in [-0.2, 0) is 4.79 Å². The van der Waals surface area contributed by atoms with Gasteiger partial charge in [-0.05, 0) is 30.8 Å². The van der Waals surface area contributed by atoms with E-state index >= 15 is 8.78 Å². The Morgan fingerprint density at radius 3 is 2.51 bits per heavy atom. The number of rotatable bonds is 6. The lowest BCUT2D eigenvalue weighted by Crippen LogP contribution is -2.45. The van der Waals surface area contributed by atoms with Crippen molar-refractivity contribution >= 4 is 39.8 Å². The van der Waals surface area contributed by atoms with Crippen LogP contribution in [-0.4, -0.2) is 67.1 Å². The summed E-state index contributed by atoms with van der Waals surface area (Å²) >= 11 is 0. The number of aromatic nitrogens is 2. The molecule has 1 aromatic heterocycles. The summed E-state index contributed by atoms with van der Waals surface area (Å²) in [5.74, 6) is -1.26. The van der Waals surface area contributed by atoms with Crippen molar-refractivity contribution in [2.24, 2.45) is 0 Å². The molecule has 1 N–H and O–H groups in total. The maximum Gasteiger partial charge on any atom is 0.335 e. The number of fused-ring (bicyclic) bond motifs is 1. The minimum absolute atomic E-state index is 0.0597. The number of hydrogen-bond acceptors (Lipinski definition) is 5. The van der Waals surface area contributed by atoms with Crippen molar-refractivity contribution in [3.8, 4) is 11.1 Å². The molecule has 0 spiro atoms. The van der Waals surface area contributed by atoms with E-state index < -0.39 is 11.6 Å². The van der Waals surface area contributed by atoms with Gasteiger partial charge in [0, 0.05) is 61.5 Å². The molecular weight excluding hydrogens is 498 g/mol. The molecular formula is C30H31F2N6O+. The van der Waals surface area contributed by atoms with Crippen molar-refractivity contribution in [3.63, 3.8) is 0 Å². The standard InChI is InChI=1S/C30H30F2N6O/c1-3-26(39)34-22-8-4-6-20(18-22)23-9-5-7-21-19-33-30(35-29(21)23)38(16-17-38)25-11-10-24(27(31)28(25)32)37-14-12-36(2)13-15-37/h4-11,18-19H,3,12-17H2,1-2H3/p+1. The van der Waals surface area contributed by atoms with E-state index in [4.69, 9.17) is 4.98 Å². The van der Waals surface area contributed by atoms with Crippen LogP contribution in [0.3, 0.4) is 0 Å². The lowest BCUT2D eigenvalue weighted by atomic mass is 10.0. The van der Waals surface area contributed by atoms with Gasteiger partial charge in [0.1, 0.15) is 13.1 Å². The number of para-hydroxylation sites is 1. The Labute approximate surface area is 226 Å². The van der Waals surface area contributed by atoms with Crippen molar-refractivity contribution < 1.29 is 13.6 Å². The van der Waals surface area contributed by atoms with E-state index in [0.29, 0.717) is 49.9 Å². The van der Waals surface area contributed by atoms with Crippen LogP contribution >= 0.6 is 0 Å². The highest BCUT2D eigenvalue weighted by atomic mass is 19.2. The number of likely N-dealkylation sites (N-methyl/N-ethyl adjacent to an activating group) is 1. The second kappa shape index (κ2) is 9.98. The normalized spacial score (nSPS) is 16.9. The fourth-order valence-corrected chi connectivity index (χ4v) is 5.30. The largest absolute Gasteiger partial charge is 0.367 e. The Balaban J connectivity index is 1.38. The van der Waals surface area contributed by atoms with Gasteiger partial charge in [0.15, 0.2) is 11.5 Å². The first-order chi connectivity index (χ1) is 18.9. The molecule has 0 atom stereocenters. The molecule has 7 nitrogen and oxygen atoms in total. The van der Waals surface area contributed by atoms with E-state index in [1.165, 1.54) is 0 Å². The zero-order valence-corrected chi connectivity index (χ0v) is 22.1. The van der Waals surface area contributed by atoms with Gasteiger partial charge in [0.25, 0.3) is 0 Å². The molecule has 1 amide bonds. The molecule has 6 rings (SSSR count). The molecule has 0 aliphatic carbocycles. The molecule has 0 unspecified atom stereocenters. The van der Waals surface area contributed by atoms with Crippen molar-refractivity contribution in [1.82, 2.24) is 19.4 Å². The zero-order valence-electron chi connectivity index (χ0n) is 22.1. The summed E-state index contributed by atoms with van der Waals surface area (Å²) in [6.45, 7) is 5.93. The average Bonchev–Trinajstić information content (AvgIpc) is 3.76. The molecule has 3 aromatic carbocycles. The van der Waals surface area contributed by atoms with E-state index in [0.717, 1.165) is 35.1 Å². The predicted molar refractivity (Wildman–Crippen MR) is 151 cm³/mol. The maximum atomic E-state index is 15.6. The highest BCUT2D eigenvalue weighted by molar-refractivity contribution is 5.96. The monoisotopic (exact) mass is 529 g/mol. The summed E-state index contributed by atoms with van der Waals surface area (Å²) in [6, 6.07) is 16.8. The number of quaternary nitrogens is 1. The number of carbonyl (C=O) groups is 1. The molecule has 2 saturated heterocycles. The van der Waals surface area contributed by atoms with Crippen molar-refractivity contribution in [3.05, 3.63) is 72.4 Å². The Hall–Kier alpha value is -3.95. The SMILES string of the molecule is CCC(=O)Nc1cccc(-c2cccc3cnc([N+]4(c5ccc(N6CCN(C)CC6)c(F)c5F)CC4)nc23)c1. The number of hydrogen-bond donors (Lipinski definition) is 1. The van der Waals surface area contributed by atoms with E-state index in [9.17, 15) is 4.79 Å². The van der Waals surface area contributed by atoms with Crippen LogP contribution in [0.5, 0.6) is 0 Å². The fraction of sp³-hybridized carbons (Fsp3) is 0.300. The molecule has 4 aromatic rings. The van der Waals surface area contributed by atoms with Gasteiger partial charge in [-0.1, -0.05) is 37.3 Å². The van der Waals surface area contributed by atoms with Gasteiger partial charge in [0.05, 0.1) is 11.2 Å². The van der Waals surface area contributed by atoms with E-state index in [-0.39, 0.29) is 16.1 Å². The molecule has 2 aliphatic rings. The minimum atomic E-state index is -0.833. The molecule has 0 bridgehead atoms. The van der Waals surface area contributed by atoms with Gasteiger partial charge < -0.3 is 15.1 Å². The van der Waals surface area contributed by atoms with Crippen LogP contribution in [0, 0.1) is 11.6 Å². The first-order valence-electron chi connectivity index (χ1n) is 13.4. The molecule has 3 heterocycles. The molecule has 39 heavy (non-hydrogen) atoms. The predicted octanol–water partition coefficient (Wildman–Crippen LogP) is 5.33. The molecule has 9 heteroatoms. The number of nitrogens with zero attached hydrogens (tertiary/aromatic N) is 5. The van der Waals surface area contributed by atoms with E-state index in [2.05, 4.69) is 15.2 Å². The van der Waals surface area contributed by atoms with E-state index in [1.807, 2.05) is 61.3 Å². The molecule has 2 fully saturated rings. The molecule has 0 saturated carbocycles. The summed E-state index contributed by atoms with van der Waals surface area (Å²) in [7, 11) is 2.03. The number of carbonyl (C=O) groups excluding carboxylic acids is 1. The number of piperazine rings is 1. The van der Waals surface area contributed by atoms with Gasteiger partial charge in [-0.15, -0.1) is 0 Å². The first-order valence-corrected chi connectivity index (χ1v) is 13.4. The third-order valence-corrected chi connectivity index (χ3v) is 7.78. The second-order valence-corrected chi connectivity index (χ2v) is 10.3. The van der Waals surface area contributed by atoms with Crippen LogP contribution < -0.4 is 14.7 Å². The fourth-order valence-electron chi connectivity index (χ4n) is 5.30. The molecule has 0 radical (unpaired) electrons. The Bertz CT molecular complexity index is 1560. The minimum Gasteiger partial charge on any atom is -0.367 e. The summed E-state index contributed by atoms with van der Waals surface area (Å²) in [4.78, 5) is 25.5. The smallest absolute Gasteiger partial charge is 0.335 e. The number of benzene rings is 3. The Morgan fingerprint density at radius 1 is 1.00 bits per heavy atom. The number of anilines is 2. The number of amides is 1. The third-order valence-electron chi connectivity index (χ3n) is 7.78.